The largest absolute Gasteiger partial charge is 0.384 e. The number of carbonyl (C=O) groups is 1. The van der Waals surface area contributed by atoms with Gasteiger partial charge in [-0.1, -0.05) is 30.3 Å². The molecule has 1 saturated heterocycles. The molecule has 0 unspecified atom stereocenters. The molecule has 6 nitrogen and oxygen atoms in total. The number of aromatic amines is 1. The fourth-order valence-corrected chi connectivity index (χ4v) is 4.08. The van der Waals surface area contributed by atoms with Crippen LogP contribution in [-0.2, 0) is 4.74 Å². The van der Waals surface area contributed by atoms with Crippen LogP contribution in [0.5, 0.6) is 0 Å². The van der Waals surface area contributed by atoms with Gasteiger partial charge in [0.25, 0.3) is 5.91 Å². The van der Waals surface area contributed by atoms with E-state index in [0.717, 1.165) is 17.0 Å². The van der Waals surface area contributed by atoms with Crippen molar-refractivity contribution in [2.24, 2.45) is 5.92 Å². The number of benzene rings is 1. The summed E-state index contributed by atoms with van der Waals surface area (Å²) in [7, 11) is 1.69. The molecule has 3 aromatic rings. The maximum absolute atomic E-state index is 12.7. The molecule has 2 aromatic heterocycles. The van der Waals surface area contributed by atoms with Gasteiger partial charge in [0.1, 0.15) is 5.82 Å². The molecule has 3 heterocycles. The Hall–Kier alpha value is -2.51. The van der Waals surface area contributed by atoms with E-state index in [1.54, 1.807) is 7.11 Å². The molecular weight excluding hydrogens is 348 g/mol. The fraction of sp³-hybridized carbons (Fsp3) is 0.316. The van der Waals surface area contributed by atoms with Gasteiger partial charge >= 0.3 is 0 Å². The lowest BCUT2D eigenvalue weighted by Gasteiger charge is -2.15. The summed E-state index contributed by atoms with van der Waals surface area (Å²) in [4.78, 5) is 19.3. The zero-order valence-corrected chi connectivity index (χ0v) is 15.3. The highest BCUT2D eigenvalue weighted by Crippen LogP contribution is 2.33. The second-order valence-corrected chi connectivity index (χ2v) is 7.23. The number of ether oxygens (including phenoxy) is 1. The third kappa shape index (κ3) is 3.27. The van der Waals surface area contributed by atoms with Crippen molar-refractivity contribution in [2.45, 2.75) is 5.92 Å². The summed E-state index contributed by atoms with van der Waals surface area (Å²) >= 11 is 1.54. The van der Waals surface area contributed by atoms with E-state index in [4.69, 9.17) is 9.72 Å². The van der Waals surface area contributed by atoms with Crippen LogP contribution in [0.3, 0.4) is 0 Å². The maximum Gasteiger partial charge on any atom is 0.254 e. The second-order valence-electron chi connectivity index (χ2n) is 6.45. The number of rotatable bonds is 5. The summed E-state index contributed by atoms with van der Waals surface area (Å²) in [6.07, 6.45) is 0. The van der Waals surface area contributed by atoms with Crippen LogP contribution in [0.15, 0.2) is 47.2 Å². The van der Waals surface area contributed by atoms with Crippen molar-refractivity contribution in [3.05, 3.63) is 58.5 Å². The maximum atomic E-state index is 12.7. The number of nitrogens with zero attached hydrogens (tertiary/aromatic N) is 3. The van der Waals surface area contributed by atoms with Crippen LogP contribution in [-0.4, -0.2) is 52.8 Å². The molecule has 26 heavy (non-hydrogen) atoms. The number of aromatic nitrogens is 3. The van der Waals surface area contributed by atoms with Crippen LogP contribution in [0.1, 0.15) is 22.1 Å². The predicted octanol–water partition coefficient (Wildman–Crippen LogP) is 3.04. The minimum atomic E-state index is 0.0673. The molecule has 134 valence electrons. The lowest BCUT2D eigenvalue weighted by Crippen LogP contribution is -2.29. The highest BCUT2D eigenvalue weighted by atomic mass is 32.1. The molecule has 0 spiro atoms. The van der Waals surface area contributed by atoms with Gasteiger partial charge in [-0.2, -0.15) is 16.4 Å². The highest BCUT2D eigenvalue weighted by molar-refractivity contribution is 7.08. The summed E-state index contributed by atoms with van der Waals surface area (Å²) in [6.45, 7) is 1.86. The average molecular weight is 368 g/mol. The molecule has 0 bridgehead atoms. The van der Waals surface area contributed by atoms with Gasteiger partial charge in [0, 0.05) is 43.0 Å². The lowest BCUT2D eigenvalue weighted by atomic mass is 9.96. The topological polar surface area (TPSA) is 71.1 Å². The highest BCUT2D eigenvalue weighted by Gasteiger charge is 2.38. The van der Waals surface area contributed by atoms with Crippen LogP contribution in [0, 0.1) is 5.92 Å². The number of H-pyrrole nitrogens is 1. The Balaban J connectivity index is 1.56. The van der Waals surface area contributed by atoms with Crippen molar-refractivity contribution in [3.8, 4) is 11.4 Å². The van der Waals surface area contributed by atoms with E-state index < -0.39 is 0 Å². The number of hydrogen-bond acceptors (Lipinski definition) is 5. The van der Waals surface area contributed by atoms with Gasteiger partial charge in [-0.05, 0) is 11.4 Å². The van der Waals surface area contributed by atoms with Crippen molar-refractivity contribution >= 4 is 17.2 Å². The van der Waals surface area contributed by atoms with Crippen molar-refractivity contribution in [1.82, 2.24) is 20.1 Å². The number of hydrogen-bond donors (Lipinski definition) is 1. The van der Waals surface area contributed by atoms with Crippen molar-refractivity contribution in [3.63, 3.8) is 0 Å². The fourth-order valence-electron chi connectivity index (χ4n) is 3.46. The Morgan fingerprint density at radius 2 is 2.15 bits per heavy atom. The van der Waals surface area contributed by atoms with Crippen LogP contribution >= 0.6 is 11.3 Å². The molecule has 2 atom stereocenters. The lowest BCUT2D eigenvalue weighted by molar-refractivity contribution is 0.0776. The monoisotopic (exact) mass is 368 g/mol. The van der Waals surface area contributed by atoms with Gasteiger partial charge in [-0.15, -0.1) is 0 Å². The molecule has 1 aliphatic rings. The molecule has 0 saturated carbocycles. The molecule has 1 fully saturated rings. The Bertz CT molecular complexity index is 863. The number of nitrogens with one attached hydrogen (secondary N) is 1. The molecule has 1 aliphatic heterocycles. The Kier molecular flexibility index (Phi) is 4.81. The van der Waals surface area contributed by atoms with Crippen LogP contribution in [0.25, 0.3) is 11.4 Å². The number of methoxy groups -OCH3 is 1. The zero-order chi connectivity index (χ0) is 17.9. The molecule has 7 heteroatoms. The SMILES string of the molecule is COC[C@@H]1CN(C(=O)c2ccsc2)C[C@H]1c1nc(-c2ccccc2)n[nH]1. The van der Waals surface area contributed by atoms with Gasteiger partial charge in [0.15, 0.2) is 5.82 Å². The first-order valence-electron chi connectivity index (χ1n) is 8.54. The van der Waals surface area contributed by atoms with E-state index in [0.29, 0.717) is 25.5 Å². The van der Waals surface area contributed by atoms with Gasteiger partial charge < -0.3 is 9.64 Å². The second kappa shape index (κ2) is 7.39. The Labute approximate surface area is 155 Å². The van der Waals surface area contributed by atoms with Crippen LogP contribution in [0.4, 0.5) is 0 Å². The Morgan fingerprint density at radius 1 is 1.31 bits per heavy atom. The molecular formula is C19H20N4O2S. The molecule has 1 N–H and O–H groups in total. The molecule has 1 amide bonds. The Morgan fingerprint density at radius 3 is 2.88 bits per heavy atom. The zero-order valence-electron chi connectivity index (χ0n) is 14.5. The van der Waals surface area contributed by atoms with Crippen molar-refractivity contribution in [1.29, 1.82) is 0 Å². The minimum Gasteiger partial charge on any atom is -0.384 e. The minimum absolute atomic E-state index is 0.0673. The summed E-state index contributed by atoms with van der Waals surface area (Å²) in [6, 6.07) is 11.7. The first kappa shape index (κ1) is 16.9. The van der Waals surface area contributed by atoms with Gasteiger partial charge in [0.05, 0.1) is 12.2 Å². The first-order valence-corrected chi connectivity index (χ1v) is 9.48. The van der Waals surface area contributed by atoms with E-state index in [1.165, 1.54) is 11.3 Å². The van der Waals surface area contributed by atoms with E-state index in [2.05, 4.69) is 10.2 Å². The average Bonchev–Trinajstić information content (AvgIpc) is 3.42. The van der Waals surface area contributed by atoms with E-state index in [1.807, 2.05) is 52.1 Å². The summed E-state index contributed by atoms with van der Waals surface area (Å²) in [5.41, 5.74) is 1.72. The summed E-state index contributed by atoms with van der Waals surface area (Å²) in [5, 5.41) is 11.3. The van der Waals surface area contributed by atoms with Crippen molar-refractivity contribution in [2.75, 3.05) is 26.8 Å². The molecule has 0 aliphatic carbocycles. The van der Waals surface area contributed by atoms with E-state index >= 15 is 0 Å². The number of amides is 1. The smallest absolute Gasteiger partial charge is 0.254 e. The number of likely N-dealkylation sites (tertiary alicyclic amines) is 1. The van der Waals surface area contributed by atoms with Gasteiger partial charge in [0.2, 0.25) is 0 Å². The molecule has 0 radical (unpaired) electrons. The van der Waals surface area contributed by atoms with Gasteiger partial charge in [-0.3, -0.25) is 9.89 Å². The standard InChI is InChI=1S/C19H20N4O2S/c1-25-11-15-9-23(19(24)14-7-8-26-12-14)10-16(15)18-20-17(21-22-18)13-5-3-2-4-6-13/h2-8,12,15-16H,9-11H2,1H3,(H,20,21,22)/t15-,16+/m0/s1. The summed E-state index contributed by atoms with van der Waals surface area (Å²) < 4.78 is 5.39. The van der Waals surface area contributed by atoms with E-state index in [-0.39, 0.29) is 17.7 Å². The van der Waals surface area contributed by atoms with Crippen molar-refractivity contribution < 1.29 is 9.53 Å². The quantitative estimate of drug-likeness (QED) is 0.751. The first-order chi connectivity index (χ1) is 12.8. The normalized spacial score (nSPS) is 19.8. The van der Waals surface area contributed by atoms with E-state index in [9.17, 15) is 4.79 Å². The predicted molar refractivity (Wildman–Crippen MR) is 100 cm³/mol. The van der Waals surface area contributed by atoms with Crippen LogP contribution in [0.2, 0.25) is 0 Å². The third-order valence-electron chi connectivity index (χ3n) is 4.76. The number of thiophene rings is 1. The van der Waals surface area contributed by atoms with Crippen LogP contribution < -0.4 is 0 Å². The summed E-state index contributed by atoms with van der Waals surface area (Å²) in [5.74, 6) is 1.84. The molecule has 1 aromatic carbocycles. The third-order valence-corrected chi connectivity index (χ3v) is 5.45. The number of carbonyl (C=O) groups excluding carboxylic acids is 1. The molecule has 4 rings (SSSR count). The van der Waals surface area contributed by atoms with Gasteiger partial charge in [-0.25, -0.2) is 4.98 Å².